The first-order valence-corrected chi connectivity index (χ1v) is 19.6. The molecule has 43 heavy (non-hydrogen) atoms. The van der Waals surface area contributed by atoms with Crippen LogP contribution >= 0.6 is 7.82 Å². The highest BCUT2D eigenvalue weighted by Gasteiger charge is 2.53. The van der Waals surface area contributed by atoms with Gasteiger partial charge in [-0.2, -0.15) is 0 Å². The van der Waals surface area contributed by atoms with Gasteiger partial charge in [0.1, 0.15) is 0 Å². The Morgan fingerprint density at radius 3 is 2.07 bits per heavy atom. The second kappa shape index (κ2) is 20.7. The molecule has 0 radical (unpaired) electrons. The summed E-state index contributed by atoms with van der Waals surface area (Å²) in [7, 11) is -4.14. The lowest BCUT2D eigenvalue weighted by atomic mass is 9.64. The van der Waals surface area contributed by atoms with Crippen LogP contribution in [0.15, 0.2) is 24.3 Å². The van der Waals surface area contributed by atoms with Gasteiger partial charge in [0.05, 0.1) is 12.7 Å². The summed E-state index contributed by atoms with van der Waals surface area (Å²) in [4.78, 5) is 10.9. The minimum Gasteiger partial charge on any atom is -0.302 e. The Balaban J connectivity index is 2.58. The van der Waals surface area contributed by atoms with Gasteiger partial charge in [-0.1, -0.05) is 144 Å². The lowest BCUT2D eigenvalue weighted by Gasteiger charge is -2.45. The summed E-state index contributed by atoms with van der Waals surface area (Å²) in [5.74, 6) is 2.26. The highest BCUT2D eigenvalue weighted by molar-refractivity contribution is 7.47. The van der Waals surface area contributed by atoms with Crippen LogP contribution in [0.25, 0.3) is 0 Å². The van der Waals surface area contributed by atoms with Crippen molar-refractivity contribution in [2.45, 2.75) is 178 Å². The maximum absolute atomic E-state index is 13.3. The number of phosphoric ester groups is 1. The van der Waals surface area contributed by atoms with Crippen LogP contribution in [0.5, 0.6) is 0 Å². The van der Waals surface area contributed by atoms with Crippen LogP contribution in [-0.4, -0.2) is 17.6 Å². The summed E-state index contributed by atoms with van der Waals surface area (Å²) in [5.41, 5.74) is 1.36. The van der Waals surface area contributed by atoms with Crippen molar-refractivity contribution in [2.24, 2.45) is 34.5 Å². The maximum Gasteiger partial charge on any atom is 0.472 e. The molecule has 0 aromatic rings. The number of phosphoric acid groups is 1. The summed E-state index contributed by atoms with van der Waals surface area (Å²) in [6.45, 7) is 24.7. The molecule has 0 spiro atoms. The van der Waals surface area contributed by atoms with E-state index in [0.717, 1.165) is 50.9 Å². The van der Waals surface area contributed by atoms with Crippen molar-refractivity contribution < 1.29 is 18.5 Å². The zero-order valence-electron chi connectivity index (χ0n) is 30.1. The fourth-order valence-corrected chi connectivity index (χ4v) is 8.44. The van der Waals surface area contributed by atoms with Gasteiger partial charge in [0.15, 0.2) is 0 Å². The highest BCUT2D eigenvalue weighted by atomic mass is 31.2. The number of unbranched alkanes of at least 4 members (excludes halogenated alkanes) is 8. The standard InChI is InChI=1S/C38H73O4P/c1-11-34(12-2)25-20-18-16-14-13-15-17-19-21-30-41-43(39,40)42-36(28-29-37(7,8)9)38(10)33(6)26-27-35(38)32(5)24-22-23-31(3)4/h11-12,31-33,35-36H,1,13-30H2,2-10H3,(H,39,40)/b34-12+/t32?,33?,35?,36?,38-/m0/s1. The second-order valence-corrected chi connectivity index (χ2v) is 17.2. The van der Waals surface area contributed by atoms with Crippen molar-refractivity contribution in [1.82, 2.24) is 0 Å². The normalized spacial score (nSPS) is 24.3. The van der Waals surface area contributed by atoms with E-state index in [1.165, 1.54) is 69.8 Å². The van der Waals surface area contributed by atoms with E-state index in [1.807, 2.05) is 6.08 Å². The van der Waals surface area contributed by atoms with Gasteiger partial charge in [-0.05, 0) is 81.0 Å². The van der Waals surface area contributed by atoms with Crippen LogP contribution in [-0.2, 0) is 13.6 Å². The van der Waals surface area contributed by atoms with Crippen LogP contribution in [0.4, 0.5) is 0 Å². The summed E-state index contributed by atoms with van der Waals surface area (Å²) in [5, 5.41) is 0. The molecular formula is C38H73O4P. The fraction of sp³-hybridized carbons (Fsp3) is 0.895. The molecule has 6 atom stereocenters. The van der Waals surface area contributed by atoms with Gasteiger partial charge >= 0.3 is 7.82 Å². The Labute approximate surface area is 268 Å². The molecule has 1 aliphatic rings. The van der Waals surface area contributed by atoms with Crippen LogP contribution in [0.3, 0.4) is 0 Å². The van der Waals surface area contributed by atoms with E-state index in [9.17, 15) is 9.46 Å². The molecule has 1 aliphatic carbocycles. The van der Waals surface area contributed by atoms with Crippen LogP contribution in [0, 0.1) is 34.5 Å². The average molecular weight is 625 g/mol. The van der Waals surface area contributed by atoms with Gasteiger partial charge in [-0.3, -0.25) is 9.05 Å². The quantitative estimate of drug-likeness (QED) is 0.0659. The lowest BCUT2D eigenvalue weighted by Crippen LogP contribution is -2.44. The highest BCUT2D eigenvalue weighted by Crippen LogP contribution is 2.59. The van der Waals surface area contributed by atoms with Crippen molar-refractivity contribution in [3.05, 3.63) is 24.3 Å². The molecule has 0 aliphatic heterocycles. The first kappa shape index (κ1) is 40.6. The monoisotopic (exact) mass is 625 g/mol. The van der Waals surface area contributed by atoms with Crippen molar-refractivity contribution in [1.29, 1.82) is 0 Å². The third-order valence-electron chi connectivity index (χ3n) is 10.5. The Kier molecular flexibility index (Phi) is 19.5. The molecule has 0 bridgehead atoms. The third-order valence-corrected chi connectivity index (χ3v) is 11.5. The molecule has 5 unspecified atom stereocenters. The summed E-state index contributed by atoms with van der Waals surface area (Å²) in [6.07, 6.45) is 23.4. The van der Waals surface area contributed by atoms with Crippen LogP contribution in [0.1, 0.15) is 171 Å². The van der Waals surface area contributed by atoms with E-state index in [1.54, 1.807) is 0 Å². The fourth-order valence-electron chi connectivity index (χ4n) is 7.37. The first-order chi connectivity index (χ1) is 20.2. The van der Waals surface area contributed by atoms with Gasteiger partial charge in [-0.25, -0.2) is 4.57 Å². The smallest absolute Gasteiger partial charge is 0.302 e. The second-order valence-electron chi connectivity index (χ2n) is 15.7. The molecule has 0 saturated heterocycles. The van der Waals surface area contributed by atoms with Crippen LogP contribution < -0.4 is 0 Å². The van der Waals surface area contributed by atoms with E-state index in [2.05, 4.69) is 75.0 Å². The summed E-state index contributed by atoms with van der Waals surface area (Å²) < 4.78 is 25.1. The number of rotatable bonds is 24. The Hall–Kier alpha value is -0.410. The lowest BCUT2D eigenvalue weighted by molar-refractivity contribution is -0.0454. The molecule has 1 N–H and O–H groups in total. The molecule has 0 amide bonds. The maximum atomic E-state index is 13.3. The topological polar surface area (TPSA) is 55.8 Å². The third kappa shape index (κ3) is 16.1. The van der Waals surface area contributed by atoms with E-state index in [-0.39, 0.29) is 23.5 Å². The first-order valence-electron chi connectivity index (χ1n) is 18.1. The van der Waals surface area contributed by atoms with E-state index < -0.39 is 7.82 Å². The van der Waals surface area contributed by atoms with Gasteiger partial charge in [0.2, 0.25) is 0 Å². The number of hydrogen-bond acceptors (Lipinski definition) is 3. The molecule has 5 heteroatoms. The summed E-state index contributed by atoms with van der Waals surface area (Å²) in [6, 6.07) is 0. The van der Waals surface area contributed by atoms with Crippen molar-refractivity contribution in [2.75, 3.05) is 6.61 Å². The van der Waals surface area contributed by atoms with Gasteiger partial charge in [-0.15, -0.1) is 0 Å². The van der Waals surface area contributed by atoms with E-state index >= 15 is 0 Å². The Bertz CT molecular complexity index is 828. The minimum atomic E-state index is -4.14. The molecule has 254 valence electrons. The Morgan fingerprint density at radius 1 is 0.953 bits per heavy atom. The molecule has 1 rings (SSSR count). The molecule has 0 aromatic carbocycles. The molecule has 0 aromatic heterocycles. The van der Waals surface area contributed by atoms with Gasteiger partial charge in [0, 0.05) is 5.41 Å². The number of allylic oxidation sites excluding steroid dienone is 3. The predicted octanol–water partition coefficient (Wildman–Crippen LogP) is 12.9. The largest absolute Gasteiger partial charge is 0.472 e. The Morgan fingerprint density at radius 2 is 1.53 bits per heavy atom. The van der Waals surface area contributed by atoms with Crippen molar-refractivity contribution >= 4 is 7.82 Å². The van der Waals surface area contributed by atoms with Gasteiger partial charge in [0.25, 0.3) is 0 Å². The summed E-state index contributed by atoms with van der Waals surface area (Å²) >= 11 is 0. The minimum absolute atomic E-state index is 0.134. The van der Waals surface area contributed by atoms with Crippen molar-refractivity contribution in [3.8, 4) is 0 Å². The van der Waals surface area contributed by atoms with Gasteiger partial charge < -0.3 is 4.89 Å². The zero-order chi connectivity index (χ0) is 32.5. The zero-order valence-corrected chi connectivity index (χ0v) is 31.0. The predicted molar refractivity (Wildman–Crippen MR) is 187 cm³/mol. The molecular weight excluding hydrogens is 551 g/mol. The van der Waals surface area contributed by atoms with Crippen LogP contribution in [0.2, 0.25) is 0 Å². The molecule has 1 saturated carbocycles. The molecule has 4 nitrogen and oxygen atoms in total. The van der Waals surface area contributed by atoms with Crippen molar-refractivity contribution in [3.63, 3.8) is 0 Å². The average Bonchev–Trinajstić information content (AvgIpc) is 3.23. The molecule has 1 fully saturated rings. The van der Waals surface area contributed by atoms with E-state index in [4.69, 9.17) is 9.05 Å². The number of hydrogen-bond donors (Lipinski definition) is 1. The van der Waals surface area contributed by atoms with E-state index in [0.29, 0.717) is 17.8 Å². The SMILES string of the molecule is C=C/C(=C\C)CCCCCCCCCCCOP(=O)(O)OC(CCC(C)(C)C)[C@@]1(C)C(C)CCC1C(C)CCCC(C)C. The molecule has 0 heterocycles.